The van der Waals surface area contributed by atoms with Crippen molar-refractivity contribution >= 4 is 19.8 Å². The van der Waals surface area contributed by atoms with Gasteiger partial charge >= 0.3 is 19.8 Å². The van der Waals surface area contributed by atoms with Crippen LogP contribution in [0.3, 0.4) is 0 Å². The Morgan fingerprint density at radius 1 is 0.564 bits per heavy atom. The third-order valence-corrected chi connectivity index (χ3v) is 11.1. The van der Waals surface area contributed by atoms with Crippen LogP contribution >= 0.6 is 7.82 Å². The van der Waals surface area contributed by atoms with Gasteiger partial charge in [-0.2, -0.15) is 0 Å². The van der Waals surface area contributed by atoms with Gasteiger partial charge < -0.3 is 25.2 Å². The molecule has 0 aromatic carbocycles. The standard InChI is InChI=1S/C44H86NO9P/c1-3-5-7-9-11-13-15-17-19-21-22-24-26-28-30-32-34-36-43(46)54-41(39-52-55(49,50)53-40-42(45)44(47)48)38-51-37-35-33-31-29-27-25-23-20-18-16-14-12-10-8-6-4-2/h35,37,41-42H,3-34,36,38-40,45H2,1-2H3,(H,47,48)(H,49,50)/b37-35-/t41-,42+/m1/s1. The molecule has 0 heterocycles. The molecular weight excluding hydrogens is 717 g/mol. The maximum atomic E-state index is 12.6. The molecule has 0 spiro atoms. The first-order chi connectivity index (χ1) is 26.7. The van der Waals surface area contributed by atoms with Crippen LogP contribution in [0, 0.1) is 0 Å². The van der Waals surface area contributed by atoms with Crippen molar-refractivity contribution in [2.75, 3.05) is 19.8 Å². The zero-order valence-corrected chi connectivity index (χ0v) is 36.4. The van der Waals surface area contributed by atoms with Crippen LogP contribution in [0.1, 0.15) is 226 Å². The Labute approximate surface area is 337 Å². The molecule has 326 valence electrons. The van der Waals surface area contributed by atoms with Gasteiger partial charge in [-0.3, -0.25) is 18.6 Å². The Kier molecular flexibility index (Phi) is 39.7. The van der Waals surface area contributed by atoms with E-state index in [0.717, 1.165) is 25.7 Å². The predicted molar refractivity (Wildman–Crippen MR) is 226 cm³/mol. The van der Waals surface area contributed by atoms with Crippen molar-refractivity contribution in [3.8, 4) is 0 Å². The summed E-state index contributed by atoms with van der Waals surface area (Å²) in [6.07, 6.45) is 43.5. The maximum Gasteiger partial charge on any atom is 0.472 e. The lowest BCUT2D eigenvalue weighted by molar-refractivity contribution is -0.153. The minimum atomic E-state index is -4.63. The molecule has 4 N–H and O–H groups in total. The molecule has 11 heteroatoms. The first-order valence-corrected chi connectivity index (χ1v) is 24.3. The molecule has 1 unspecified atom stereocenters. The van der Waals surface area contributed by atoms with Crippen LogP contribution in [-0.4, -0.2) is 53.9 Å². The second-order valence-corrected chi connectivity index (χ2v) is 17.1. The van der Waals surface area contributed by atoms with E-state index in [9.17, 15) is 19.0 Å². The molecule has 0 aliphatic rings. The Hall–Kier alpha value is -1.45. The van der Waals surface area contributed by atoms with E-state index in [-0.39, 0.29) is 13.0 Å². The Morgan fingerprint density at radius 2 is 0.927 bits per heavy atom. The number of allylic oxidation sites excluding steroid dienone is 1. The highest BCUT2D eigenvalue weighted by Gasteiger charge is 2.27. The van der Waals surface area contributed by atoms with Crippen LogP contribution in [0.4, 0.5) is 0 Å². The topological polar surface area (TPSA) is 155 Å². The number of rotatable bonds is 44. The van der Waals surface area contributed by atoms with Gasteiger partial charge in [0, 0.05) is 6.42 Å². The molecule has 0 saturated heterocycles. The predicted octanol–water partition coefficient (Wildman–Crippen LogP) is 12.9. The minimum absolute atomic E-state index is 0.0608. The zero-order valence-electron chi connectivity index (χ0n) is 35.5. The fraction of sp³-hybridized carbons (Fsp3) is 0.909. The highest BCUT2D eigenvalue weighted by Crippen LogP contribution is 2.43. The summed E-state index contributed by atoms with van der Waals surface area (Å²) in [5.41, 5.74) is 5.35. The van der Waals surface area contributed by atoms with Gasteiger partial charge in [0.25, 0.3) is 0 Å². The summed E-state index contributed by atoms with van der Waals surface area (Å²) in [6, 6.07) is -1.48. The Balaban J connectivity index is 4.22. The maximum absolute atomic E-state index is 12.6. The summed E-state index contributed by atoms with van der Waals surface area (Å²) < 4.78 is 33.1. The first-order valence-electron chi connectivity index (χ1n) is 22.8. The number of carboxylic acids is 1. The number of hydrogen-bond donors (Lipinski definition) is 3. The van der Waals surface area contributed by atoms with Gasteiger partial charge in [0.15, 0.2) is 6.10 Å². The second-order valence-electron chi connectivity index (χ2n) is 15.6. The number of aliphatic carboxylic acids is 1. The van der Waals surface area contributed by atoms with E-state index in [4.69, 9.17) is 29.4 Å². The summed E-state index contributed by atoms with van der Waals surface area (Å²) in [7, 11) is -4.63. The van der Waals surface area contributed by atoms with Crippen molar-refractivity contribution in [1.82, 2.24) is 0 Å². The average Bonchev–Trinajstić information content (AvgIpc) is 3.16. The molecule has 0 aromatic rings. The molecule has 0 aliphatic heterocycles. The van der Waals surface area contributed by atoms with Crippen LogP contribution in [0.2, 0.25) is 0 Å². The van der Waals surface area contributed by atoms with Crippen LogP contribution in [0.25, 0.3) is 0 Å². The van der Waals surface area contributed by atoms with E-state index in [1.165, 1.54) is 173 Å². The van der Waals surface area contributed by atoms with Crippen LogP contribution in [-0.2, 0) is 32.7 Å². The number of esters is 1. The van der Waals surface area contributed by atoms with Gasteiger partial charge in [-0.1, -0.05) is 200 Å². The molecule has 0 amide bonds. The molecule has 0 rings (SSSR count). The van der Waals surface area contributed by atoms with E-state index >= 15 is 0 Å². The number of carbonyl (C=O) groups excluding carboxylic acids is 1. The van der Waals surface area contributed by atoms with Gasteiger partial charge in [0.2, 0.25) is 0 Å². The number of carbonyl (C=O) groups is 2. The van der Waals surface area contributed by atoms with Crippen molar-refractivity contribution < 1.29 is 42.7 Å². The van der Waals surface area contributed by atoms with Crippen molar-refractivity contribution in [1.29, 1.82) is 0 Å². The third-order valence-electron chi connectivity index (χ3n) is 10.1. The van der Waals surface area contributed by atoms with E-state index in [1.54, 1.807) is 6.26 Å². The van der Waals surface area contributed by atoms with E-state index in [1.807, 2.05) is 6.08 Å². The van der Waals surface area contributed by atoms with Gasteiger partial charge in [0.1, 0.15) is 12.6 Å². The quantitative estimate of drug-likeness (QED) is 0.0235. The monoisotopic (exact) mass is 804 g/mol. The minimum Gasteiger partial charge on any atom is -0.498 e. The molecule has 0 aliphatic carbocycles. The fourth-order valence-electron chi connectivity index (χ4n) is 6.57. The van der Waals surface area contributed by atoms with E-state index in [0.29, 0.717) is 6.42 Å². The molecule has 55 heavy (non-hydrogen) atoms. The number of ether oxygens (including phenoxy) is 2. The van der Waals surface area contributed by atoms with Gasteiger partial charge in [-0.05, 0) is 25.3 Å². The fourth-order valence-corrected chi connectivity index (χ4v) is 7.35. The summed E-state index contributed by atoms with van der Waals surface area (Å²) in [5.74, 6) is -1.79. The Morgan fingerprint density at radius 3 is 1.33 bits per heavy atom. The first kappa shape index (κ1) is 53.6. The van der Waals surface area contributed by atoms with Gasteiger partial charge in [-0.15, -0.1) is 0 Å². The molecule has 0 saturated carbocycles. The van der Waals surface area contributed by atoms with Crippen molar-refractivity contribution in [3.05, 3.63) is 12.3 Å². The zero-order chi connectivity index (χ0) is 40.5. The van der Waals surface area contributed by atoms with Crippen molar-refractivity contribution in [2.45, 2.75) is 238 Å². The second kappa shape index (κ2) is 40.7. The molecular formula is C44H86NO9P. The van der Waals surface area contributed by atoms with Crippen molar-refractivity contribution in [2.24, 2.45) is 5.73 Å². The number of nitrogens with two attached hydrogens (primary N) is 1. The lowest BCUT2D eigenvalue weighted by atomic mass is 10.0. The summed E-state index contributed by atoms with van der Waals surface area (Å²) in [4.78, 5) is 33.5. The van der Waals surface area contributed by atoms with Crippen LogP contribution in [0.5, 0.6) is 0 Å². The number of carboxylic acid groups (broad SMARTS) is 1. The molecule has 0 radical (unpaired) electrons. The highest BCUT2D eigenvalue weighted by molar-refractivity contribution is 7.47. The lowest BCUT2D eigenvalue weighted by Crippen LogP contribution is -2.34. The van der Waals surface area contributed by atoms with Gasteiger partial charge in [0.05, 0.1) is 19.5 Å². The molecule has 3 atom stereocenters. The number of phosphoric ester groups is 1. The molecule has 10 nitrogen and oxygen atoms in total. The van der Waals surface area contributed by atoms with Gasteiger partial charge in [-0.25, -0.2) is 4.57 Å². The molecule has 0 fully saturated rings. The average molecular weight is 804 g/mol. The van der Waals surface area contributed by atoms with E-state index in [2.05, 4.69) is 13.8 Å². The SMILES string of the molecule is CCCCCCCCCCCCCCCC/C=C\OC[C@H](COP(=O)(O)OC[C@H](N)C(=O)O)OC(=O)CCCCCCCCCCCCCCCCCCC. The third kappa shape index (κ3) is 40.5. The van der Waals surface area contributed by atoms with E-state index < -0.39 is 45.1 Å². The smallest absolute Gasteiger partial charge is 0.472 e. The number of phosphoric acid groups is 1. The summed E-state index contributed by atoms with van der Waals surface area (Å²) in [5, 5.41) is 8.89. The Bertz CT molecular complexity index is 935. The summed E-state index contributed by atoms with van der Waals surface area (Å²) >= 11 is 0. The molecule has 0 aromatic heterocycles. The lowest BCUT2D eigenvalue weighted by Gasteiger charge is -2.20. The van der Waals surface area contributed by atoms with Crippen molar-refractivity contribution in [3.63, 3.8) is 0 Å². The number of hydrogen-bond acceptors (Lipinski definition) is 8. The van der Waals surface area contributed by atoms with Crippen LogP contribution < -0.4 is 5.73 Å². The summed E-state index contributed by atoms with van der Waals surface area (Å²) in [6.45, 7) is 3.31. The normalized spacial score (nSPS) is 13.9. The molecule has 0 bridgehead atoms. The largest absolute Gasteiger partial charge is 0.498 e. The van der Waals surface area contributed by atoms with Crippen LogP contribution in [0.15, 0.2) is 12.3 Å². The number of unbranched alkanes of at least 4 members (excludes halogenated alkanes) is 30. The highest BCUT2D eigenvalue weighted by atomic mass is 31.2.